The third kappa shape index (κ3) is 4.16. The summed E-state index contributed by atoms with van der Waals surface area (Å²) in [6.07, 6.45) is 2.80. The molecule has 1 saturated heterocycles. The zero-order valence-corrected chi connectivity index (χ0v) is 14.1. The van der Waals surface area contributed by atoms with Crippen LogP contribution in [0.3, 0.4) is 0 Å². The van der Waals surface area contributed by atoms with E-state index in [1.165, 1.54) is 13.8 Å². The lowest BCUT2D eigenvalue weighted by Gasteiger charge is -2.36. The number of hydrogen-bond donors (Lipinski definition) is 0. The first-order chi connectivity index (χ1) is 8.70. The average molecular weight is 356 g/mol. The van der Waals surface area contributed by atoms with Gasteiger partial charge in [0, 0.05) is 24.7 Å². The Kier molecular flexibility index (Phi) is 5.82. The van der Waals surface area contributed by atoms with E-state index in [0.717, 1.165) is 24.4 Å². The summed E-state index contributed by atoms with van der Waals surface area (Å²) < 4.78 is 27.6. The van der Waals surface area contributed by atoms with Gasteiger partial charge in [-0.1, -0.05) is 15.9 Å². The fourth-order valence-corrected chi connectivity index (χ4v) is 2.61. The second kappa shape index (κ2) is 6.54. The van der Waals surface area contributed by atoms with E-state index < -0.39 is 14.6 Å². The summed E-state index contributed by atoms with van der Waals surface area (Å²) in [6.45, 7) is 4.72. The van der Waals surface area contributed by atoms with Crippen LogP contribution in [0.5, 0.6) is 0 Å². The van der Waals surface area contributed by atoms with Crippen molar-refractivity contribution in [1.29, 1.82) is 0 Å². The molecule has 0 saturated carbocycles. The van der Waals surface area contributed by atoms with Crippen molar-refractivity contribution in [2.45, 2.75) is 37.5 Å². The van der Waals surface area contributed by atoms with Crippen LogP contribution < -0.4 is 0 Å². The number of nitrogens with zero attached hydrogens (tertiary/aromatic N) is 1. The SMILES string of the molecule is CC(C)(C(=O)N1CCC(OCCBr)CC1)S(C)(=O)=O. The molecule has 0 bridgehead atoms. The smallest absolute Gasteiger partial charge is 0.243 e. The first-order valence-corrected chi connectivity index (χ1v) is 9.38. The van der Waals surface area contributed by atoms with Gasteiger partial charge in [0.2, 0.25) is 5.91 Å². The fourth-order valence-electron chi connectivity index (χ4n) is 1.98. The zero-order chi connectivity index (χ0) is 14.7. The fraction of sp³-hybridized carbons (Fsp3) is 0.917. The molecule has 0 aliphatic carbocycles. The number of carbonyl (C=O) groups excluding carboxylic acids is 1. The predicted molar refractivity (Wildman–Crippen MR) is 78.3 cm³/mol. The predicted octanol–water partition coefficient (Wildman–Crippen LogP) is 1.21. The van der Waals surface area contributed by atoms with Gasteiger partial charge < -0.3 is 9.64 Å². The number of halogens is 1. The second-order valence-corrected chi connectivity index (χ2v) is 8.69. The molecule has 5 nitrogen and oxygen atoms in total. The molecule has 1 amide bonds. The van der Waals surface area contributed by atoms with Crippen molar-refractivity contribution < 1.29 is 17.9 Å². The Bertz CT molecular complexity index is 413. The molecule has 1 rings (SSSR count). The van der Waals surface area contributed by atoms with Gasteiger partial charge in [-0.15, -0.1) is 0 Å². The summed E-state index contributed by atoms with van der Waals surface area (Å²) in [5.41, 5.74) is 0. The number of ether oxygens (including phenoxy) is 1. The van der Waals surface area contributed by atoms with Crippen molar-refractivity contribution in [3.8, 4) is 0 Å². The van der Waals surface area contributed by atoms with Crippen molar-refractivity contribution >= 4 is 31.7 Å². The standard InChI is InChI=1S/C12H22BrNO4S/c1-12(2,19(3,16)17)11(15)14-7-4-10(5-8-14)18-9-6-13/h10H,4-9H2,1-3H3. The van der Waals surface area contributed by atoms with E-state index >= 15 is 0 Å². The van der Waals surface area contributed by atoms with Crippen LogP contribution in [-0.4, -0.2) is 61.4 Å². The van der Waals surface area contributed by atoms with Crippen LogP contribution in [0.15, 0.2) is 0 Å². The summed E-state index contributed by atoms with van der Waals surface area (Å²) in [7, 11) is -3.41. The molecule has 1 heterocycles. The molecular formula is C12H22BrNO4S. The zero-order valence-electron chi connectivity index (χ0n) is 11.7. The second-order valence-electron chi connectivity index (χ2n) is 5.33. The van der Waals surface area contributed by atoms with Gasteiger partial charge >= 0.3 is 0 Å². The van der Waals surface area contributed by atoms with E-state index in [2.05, 4.69) is 15.9 Å². The number of likely N-dealkylation sites (tertiary alicyclic amines) is 1. The summed E-state index contributed by atoms with van der Waals surface area (Å²) in [5, 5.41) is 0.799. The van der Waals surface area contributed by atoms with E-state index in [1.807, 2.05) is 0 Å². The van der Waals surface area contributed by atoms with Crippen LogP contribution in [0.4, 0.5) is 0 Å². The summed E-state index contributed by atoms with van der Waals surface area (Å²) in [5.74, 6) is -0.311. The maximum absolute atomic E-state index is 12.3. The highest BCUT2D eigenvalue weighted by Gasteiger charge is 2.42. The molecule has 0 N–H and O–H groups in total. The van der Waals surface area contributed by atoms with Gasteiger partial charge in [-0.05, 0) is 26.7 Å². The molecule has 0 unspecified atom stereocenters. The van der Waals surface area contributed by atoms with Gasteiger partial charge in [0.15, 0.2) is 9.84 Å². The molecule has 0 aromatic rings. The Hall–Kier alpha value is -0.140. The van der Waals surface area contributed by atoms with Crippen molar-refractivity contribution in [3.63, 3.8) is 0 Å². The van der Waals surface area contributed by atoms with Crippen LogP contribution >= 0.6 is 15.9 Å². The third-order valence-electron chi connectivity index (χ3n) is 3.60. The van der Waals surface area contributed by atoms with E-state index in [0.29, 0.717) is 19.7 Å². The third-order valence-corrected chi connectivity index (χ3v) is 5.95. The molecule has 0 radical (unpaired) electrons. The minimum atomic E-state index is -3.41. The number of carbonyl (C=O) groups is 1. The van der Waals surface area contributed by atoms with Crippen molar-refractivity contribution in [3.05, 3.63) is 0 Å². The van der Waals surface area contributed by atoms with Crippen LogP contribution in [0.25, 0.3) is 0 Å². The number of rotatable bonds is 5. The number of piperidine rings is 1. The molecule has 0 atom stereocenters. The molecule has 19 heavy (non-hydrogen) atoms. The normalized spacial score (nSPS) is 18.6. The van der Waals surface area contributed by atoms with Crippen molar-refractivity contribution in [1.82, 2.24) is 4.90 Å². The van der Waals surface area contributed by atoms with Gasteiger partial charge in [-0.2, -0.15) is 0 Å². The molecular weight excluding hydrogens is 334 g/mol. The quantitative estimate of drug-likeness (QED) is 0.695. The summed E-state index contributed by atoms with van der Waals surface area (Å²) >= 11 is 3.30. The number of sulfone groups is 1. The Morgan fingerprint density at radius 2 is 1.89 bits per heavy atom. The molecule has 0 aromatic carbocycles. The Morgan fingerprint density at radius 1 is 1.37 bits per heavy atom. The first-order valence-electron chi connectivity index (χ1n) is 6.36. The highest BCUT2D eigenvalue weighted by molar-refractivity contribution is 9.09. The average Bonchev–Trinajstić information content (AvgIpc) is 2.34. The lowest BCUT2D eigenvalue weighted by Crippen LogP contribution is -2.52. The first kappa shape index (κ1) is 16.9. The highest BCUT2D eigenvalue weighted by Crippen LogP contribution is 2.22. The topological polar surface area (TPSA) is 63.7 Å². The number of amides is 1. The van der Waals surface area contributed by atoms with E-state index in [4.69, 9.17) is 4.74 Å². The molecule has 1 fully saturated rings. The Labute approximate surface area is 123 Å². The van der Waals surface area contributed by atoms with Crippen LogP contribution in [-0.2, 0) is 19.4 Å². The van der Waals surface area contributed by atoms with Gasteiger partial charge in [-0.25, -0.2) is 8.42 Å². The van der Waals surface area contributed by atoms with E-state index in [1.54, 1.807) is 4.90 Å². The lowest BCUT2D eigenvalue weighted by molar-refractivity contribution is -0.135. The molecule has 7 heteroatoms. The van der Waals surface area contributed by atoms with E-state index in [-0.39, 0.29) is 12.0 Å². The number of hydrogen-bond acceptors (Lipinski definition) is 4. The Balaban J connectivity index is 2.59. The largest absolute Gasteiger partial charge is 0.377 e. The molecule has 112 valence electrons. The molecule has 0 aromatic heterocycles. The van der Waals surface area contributed by atoms with Gasteiger partial charge in [0.1, 0.15) is 4.75 Å². The highest BCUT2D eigenvalue weighted by atomic mass is 79.9. The molecule has 1 aliphatic heterocycles. The lowest BCUT2D eigenvalue weighted by atomic mass is 10.1. The summed E-state index contributed by atoms with van der Waals surface area (Å²) in [4.78, 5) is 13.9. The van der Waals surface area contributed by atoms with Gasteiger partial charge in [-0.3, -0.25) is 4.79 Å². The monoisotopic (exact) mass is 355 g/mol. The maximum Gasteiger partial charge on any atom is 0.243 e. The minimum absolute atomic E-state index is 0.169. The minimum Gasteiger partial charge on any atom is -0.377 e. The molecule has 1 aliphatic rings. The number of alkyl halides is 1. The summed E-state index contributed by atoms with van der Waals surface area (Å²) in [6, 6.07) is 0. The Morgan fingerprint density at radius 3 is 2.32 bits per heavy atom. The van der Waals surface area contributed by atoms with Crippen LogP contribution in [0.1, 0.15) is 26.7 Å². The van der Waals surface area contributed by atoms with Gasteiger partial charge in [0.25, 0.3) is 0 Å². The maximum atomic E-state index is 12.3. The van der Waals surface area contributed by atoms with Crippen LogP contribution in [0, 0.1) is 0 Å². The van der Waals surface area contributed by atoms with E-state index in [9.17, 15) is 13.2 Å². The van der Waals surface area contributed by atoms with Crippen molar-refractivity contribution in [2.75, 3.05) is 31.3 Å². The molecule has 0 spiro atoms. The van der Waals surface area contributed by atoms with Crippen molar-refractivity contribution in [2.24, 2.45) is 0 Å². The van der Waals surface area contributed by atoms with Gasteiger partial charge in [0.05, 0.1) is 12.7 Å². The van der Waals surface area contributed by atoms with Crippen LogP contribution in [0.2, 0.25) is 0 Å².